The second kappa shape index (κ2) is 5.50. The number of hydrazone groups is 1. The van der Waals surface area contributed by atoms with Gasteiger partial charge in [-0.2, -0.15) is 5.10 Å². The van der Waals surface area contributed by atoms with E-state index in [1.54, 1.807) is 12.1 Å². The van der Waals surface area contributed by atoms with Gasteiger partial charge in [0.2, 0.25) is 0 Å². The van der Waals surface area contributed by atoms with Crippen molar-refractivity contribution in [2.24, 2.45) is 5.10 Å². The van der Waals surface area contributed by atoms with E-state index in [0.717, 1.165) is 20.7 Å². The van der Waals surface area contributed by atoms with Gasteiger partial charge in [0.1, 0.15) is 0 Å². The van der Waals surface area contributed by atoms with Crippen molar-refractivity contribution in [1.29, 1.82) is 0 Å². The number of benzene rings is 2. The quantitative estimate of drug-likeness (QED) is 0.721. The van der Waals surface area contributed by atoms with Gasteiger partial charge in [0.25, 0.3) is 0 Å². The van der Waals surface area contributed by atoms with Crippen LogP contribution < -0.4 is 10.5 Å². The summed E-state index contributed by atoms with van der Waals surface area (Å²) < 4.78 is 0.839. The summed E-state index contributed by atoms with van der Waals surface area (Å²) in [7, 11) is 0. The van der Waals surface area contributed by atoms with Crippen LogP contribution in [-0.2, 0) is 0 Å². The van der Waals surface area contributed by atoms with E-state index in [-0.39, 0.29) is 0 Å². The van der Waals surface area contributed by atoms with Crippen LogP contribution >= 0.6 is 39.1 Å². The van der Waals surface area contributed by atoms with Crippen LogP contribution in [0.4, 0.5) is 11.4 Å². The van der Waals surface area contributed by atoms with E-state index in [0.29, 0.717) is 27.3 Å². The number of aryl methyl sites for hydroxylation is 1. The topological polar surface area (TPSA) is 47.9 Å². The maximum absolute atomic E-state index is 10.4. The van der Waals surface area contributed by atoms with Gasteiger partial charge in [-0.15, -0.1) is 0 Å². The molecule has 7 heteroatoms. The molecule has 4 nitrogen and oxygen atoms in total. The molecule has 2 N–H and O–H groups in total. The maximum Gasteiger partial charge on any atom is 0.186 e. The number of halogens is 3. The molecule has 1 aliphatic heterocycles. The highest BCUT2D eigenvalue weighted by Gasteiger charge is 2.24. The first-order valence-electron chi connectivity index (χ1n) is 6.05. The molecule has 0 saturated carbocycles. The summed E-state index contributed by atoms with van der Waals surface area (Å²) in [6, 6.07) is 8.98. The van der Waals surface area contributed by atoms with Gasteiger partial charge in [0, 0.05) is 10.0 Å². The number of anilines is 2. The molecule has 0 spiro atoms. The van der Waals surface area contributed by atoms with Crippen LogP contribution in [0, 0.1) is 6.92 Å². The number of rotatable bonds is 1. The lowest BCUT2D eigenvalue weighted by atomic mass is 10.1. The van der Waals surface area contributed by atoms with Crippen molar-refractivity contribution in [3.63, 3.8) is 0 Å². The molecule has 1 heterocycles. The standard InChI is InChI=1S/C14H10BrCl2N3O/c1-7-2-3-8(9(15)4-7)14-19-18-12-5-10(16)11(17)6-13(12)20(14)21/h2-6,18,21H,1H3. The van der Waals surface area contributed by atoms with Crippen molar-refractivity contribution in [1.82, 2.24) is 0 Å². The molecule has 3 rings (SSSR count). The first kappa shape index (κ1) is 14.7. The molecule has 0 atom stereocenters. The molecule has 0 saturated heterocycles. The largest absolute Gasteiger partial charge is 0.282 e. The SMILES string of the molecule is Cc1ccc(C2=NNc3cc(Cl)c(Cl)cc3N2O)c(Br)c1. The monoisotopic (exact) mass is 385 g/mol. The van der Waals surface area contributed by atoms with E-state index in [1.165, 1.54) is 0 Å². The number of hydroxylamine groups is 1. The molecule has 2 aromatic carbocycles. The zero-order chi connectivity index (χ0) is 15.1. The predicted octanol–water partition coefficient (Wildman–Crippen LogP) is 5.05. The first-order valence-corrected chi connectivity index (χ1v) is 7.60. The fourth-order valence-electron chi connectivity index (χ4n) is 2.05. The van der Waals surface area contributed by atoms with Gasteiger partial charge in [-0.25, -0.2) is 5.06 Å². The van der Waals surface area contributed by atoms with Crippen molar-refractivity contribution in [2.45, 2.75) is 6.92 Å². The third-order valence-corrected chi connectivity index (χ3v) is 4.49. The van der Waals surface area contributed by atoms with Crippen LogP contribution in [0.5, 0.6) is 0 Å². The van der Waals surface area contributed by atoms with Gasteiger partial charge >= 0.3 is 0 Å². The molecule has 0 aromatic heterocycles. The molecule has 2 aromatic rings. The summed E-state index contributed by atoms with van der Waals surface area (Å²) in [5, 5.41) is 16.4. The molecule has 0 bridgehead atoms. The van der Waals surface area contributed by atoms with Crippen molar-refractivity contribution < 1.29 is 5.21 Å². The number of amidine groups is 1. The highest BCUT2D eigenvalue weighted by Crippen LogP contribution is 2.37. The fraction of sp³-hybridized carbons (Fsp3) is 0.0714. The Labute approximate surface area is 140 Å². The van der Waals surface area contributed by atoms with Gasteiger partial charge in [0.15, 0.2) is 5.84 Å². The highest BCUT2D eigenvalue weighted by atomic mass is 79.9. The third kappa shape index (κ3) is 2.62. The van der Waals surface area contributed by atoms with Crippen LogP contribution in [0.15, 0.2) is 39.9 Å². The average molecular weight is 387 g/mol. The van der Waals surface area contributed by atoms with Crippen LogP contribution in [0.2, 0.25) is 10.0 Å². The average Bonchev–Trinajstić information content (AvgIpc) is 2.43. The van der Waals surface area contributed by atoms with Gasteiger partial charge in [-0.05, 0) is 36.8 Å². The Kier molecular flexibility index (Phi) is 3.84. The smallest absolute Gasteiger partial charge is 0.186 e. The van der Waals surface area contributed by atoms with Crippen molar-refractivity contribution >= 4 is 56.3 Å². The lowest BCUT2D eigenvalue weighted by Gasteiger charge is -2.26. The Morgan fingerprint density at radius 1 is 1.19 bits per heavy atom. The fourth-order valence-corrected chi connectivity index (χ4v) is 3.04. The molecule has 0 unspecified atom stereocenters. The van der Waals surface area contributed by atoms with Gasteiger partial charge in [0.05, 0.1) is 21.4 Å². The summed E-state index contributed by atoms with van der Waals surface area (Å²) >= 11 is 15.5. The first-order chi connectivity index (χ1) is 9.97. The Bertz CT molecular complexity index is 764. The van der Waals surface area contributed by atoms with E-state index in [1.807, 2.05) is 25.1 Å². The molecule has 0 radical (unpaired) electrons. The number of hydrogen-bond donors (Lipinski definition) is 2. The summed E-state index contributed by atoms with van der Waals surface area (Å²) in [4.78, 5) is 0. The minimum absolute atomic E-state index is 0.362. The summed E-state index contributed by atoms with van der Waals surface area (Å²) in [6.45, 7) is 1.99. The number of nitrogens with one attached hydrogen (secondary N) is 1. The van der Waals surface area contributed by atoms with E-state index < -0.39 is 0 Å². The van der Waals surface area contributed by atoms with Crippen LogP contribution in [0.1, 0.15) is 11.1 Å². The molecule has 0 fully saturated rings. The second-order valence-corrected chi connectivity index (χ2v) is 6.29. The number of fused-ring (bicyclic) bond motifs is 1. The minimum Gasteiger partial charge on any atom is -0.282 e. The predicted molar refractivity (Wildman–Crippen MR) is 89.8 cm³/mol. The Morgan fingerprint density at radius 2 is 1.90 bits per heavy atom. The van der Waals surface area contributed by atoms with E-state index in [2.05, 4.69) is 26.5 Å². The Hall–Kier alpha value is -1.27. The molecule has 1 aliphatic rings. The molecule has 0 amide bonds. The third-order valence-electron chi connectivity index (χ3n) is 3.12. The minimum atomic E-state index is 0.362. The Morgan fingerprint density at radius 3 is 2.62 bits per heavy atom. The van der Waals surface area contributed by atoms with Crippen LogP contribution in [0.3, 0.4) is 0 Å². The highest BCUT2D eigenvalue weighted by molar-refractivity contribution is 9.10. The lowest BCUT2D eigenvalue weighted by Crippen LogP contribution is -2.32. The van der Waals surface area contributed by atoms with E-state index >= 15 is 0 Å². The Balaban J connectivity index is 2.07. The molecule has 0 aliphatic carbocycles. The van der Waals surface area contributed by atoms with Crippen molar-refractivity contribution in [3.05, 3.63) is 56.0 Å². The molecule has 21 heavy (non-hydrogen) atoms. The summed E-state index contributed by atoms with van der Waals surface area (Å²) in [6.07, 6.45) is 0. The van der Waals surface area contributed by atoms with Crippen LogP contribution in [-0.4, -0.2) is 11.0 Å². The second-order valence-electron chi connectivity index (χ2n) is 4.63. The number of hydrogen-bond acceptors (Lipinski definition) is 4. The zero-order valence-electron chi connectivity index (χ0n) is 10.9. The van der Waals surface area contributed by atoms with Crippen molar-refractivity contribution in [2.75, 3.05) is 10.5 Å². The zero-order valence-corrected chi connectivity index (χ0v) is 14.0. The maximum atomic E-state index is 10.4. The lowest BCUT2D eigenvalue weighted by molar-refractivity contribution is 0.311. The molecular formula is C14H10BrCl2N3O. The number of nitrogens with zero attached hydrogens (tertiary/aromatic N) is 2. The van der Waals surface area contributed by atoms with Gasteiger partial charge < -0.3 is 0 Å². The van der Waals surface area contributed by atoms with E-state index in [4.69, 9.17) is 23.2 Å². The molecular weight excluding hydrogens is 377 g/mol. The van der Waals surface area contributed by atoms with Crippen molar-refractivity contribution in [3.8, 4) is 0 Å². The normalized spacial score (nSPS) is 13.6. The summed E-state index contributed by atoms with van der Waals surface area (Å²) in [5.74, 6) is 0.368. The molecule has 108 valence electrons. The van der Waals surface area contributed by atoms with Crippen LogP contribution in [0.25, 0.3) is 0 Å². The van der Waals surface area contributed by atoms with Gasteiger partial charge in [-0.1, -0.05) is 45.2 Å². The van der Waals surface area contributed by atoms with Gasteiger partial charge in [-0.3, -0.25) is 10.6 Å². The summed E-state index contributed by atoms with van der Waals surface area (Å²) in [5.41, 5.74) is 5.81. The van der Waals surface area contributed by atoms with E-state index in [9.17, 15) is 5.21 Å².